The Bertz CT molecular complexity index is 729. The molecule has 0 aliphatic carbocycles. The maximum Gasteiger partial charge on any atom is 0.278 e. The summed E-state index contributed by atoms with van der Waals surface area (Å²) in [5.74, 6) is 1.49. The number of aromatic nitrogens is 2. The van der Waals surface area contributed by atoms with Crippen molar-refractivity contribution in [2.45, 2.75) is 91.3 Å². The zero-order valence-corrected chi connectivity index (χ0v) is 19.1. The first kappa shape index (κ1) is 21.1. The number of rotatable bonds is 4. The van der Waals surface area contributed by atoms with Crippen molar-refractivity contribution in [1.82, 2.24) is 0 Å². The van der Waals surface area contributed by atoms with Gasteiger partial charge in [0.25, 0.3) is 12.6 Å². The minimum atomic E-state index is -0.297. The summed E-state index contributed by atoms with van der Waals surface area (Å²) in [6.45, 7) is 14.1. The smallest absolute Gasteiger partial charge is 0.278 e. The second-order valence-corrected chi connectivity index (χ2v) is 9.80. The van der Waals surface area contributed by atoms with E-state index < -0.39 is 0 Å². The van der Waals surface area contributed by atoms with Crippen LogP contribution in [0.1, 0.15) is 64.8 Å². The van der Waals surface area contributed by atoms with E-state index in [9.17, 15) is 0 Å². The van der Waals surface area contributed by atoms with Crippen LogP contribution < -0.4 is 8.96 Å². The summed E-state index contributed by atoms with van der Waals surface area (Å²) >= 11 is 0. The van der Waals surface area contributed by atoms with Crippen molar-refractivity contribution in [2.24, 2.45) is 0 Å². The molecule has 0 bridgehead atoms. The van der Waals surface area contributed by atoms with Gasteiger partial charge in [0.1, 0.15) is 23.8 Å². The summed E-state index contributed by atoms with van der Waals surface area (Å²) in [4.78, 5) is 0. The Balaban J connectivity index is 0.000000161. The Kier molecular flexibility index (Phi) is 6.37. The summed E-state index contributed by atoms with van der Waals surface area (Å²) in [5.41, 5.74) is 3.08. The quantitative estimate of drug-likeness (QED) is 0.590. The van der Waals surface area contributed by atoms with Gasteiger partial charge in [0.2, 0.25) is 0 Å². The third-order valence-corrected chi connectivity index (χ3v) is 8.66. The lowest BCUT2D eigenvalue weighted by Crippen LogP contribution is -2.61. The molecule has 152 valence electrons. The van der Waals surface area contributed by atoms with E-state index in [1.807, 2.05) is 0 Å². The molecule has 4 heterocycles. The van der Waals surface area contributed by atoms with Crippen LogP contribution in [0.5, 0.6) is 0 Å². The lowest BCUT2D eigenvalue weighted by molar-refractivity contribution is -0.550. The topological polar surface area (TPSA) is 7.76 Å². The van der Waals surface area contributed by atoms with Crippen molar-refractivity contribution < 1.29 is 8.96 Å². The van der Waals surface area contributed by atoms with Gasteiger partial charge in [-0.2, -0.15) is 0 Å². The fraction of sp³-hybridized carbons (Fsp3) is 0.583. The van der Waals surface area contributed by atoms with E-state index in [1.165, 1.54) is 49.3 Å². The number of hydrogen-bond acceptors (Lipinski definition) is 0. The largest absolute Gasteiger partial charge is 0.424 e. The van der Waals surface area contributed by atoms with Crippen LogP contribution in [0.15, 0.2) is 48.8 Å². The highest BCUT2D eigenvalue weighted by molar-refractivity contribution is 6.72. The van der Waals surface area contributed by atoms with Gasteiger partial charge in [-0.3, -0.25) is 0 Å². The minimum absolute atomic E-state index is 0.297. The average Bonchev–Trinajstić information content (AvgIpc) is 3.21. The van der Waals surface area contributed by atoms with Crippen LogP contribution in [0.25, 0.3) is 0 Å². The molecule has 2 unspecified atom stereocenters. The molecule has 4 rings (SSSR count). The number of fused-ring (bicyclic) bond motifs is 2. The van der Waals surface area contributed by atoms with E-state index in [2.05, 4.69) is 99.3 Å². The second kappa shape index (κ2) is 8.43. The van der Waals surface area contributed by atoms with Gasteiger partial charge in [0.05, 0.1) is 0 Å². The first-order valence-electron chi connectivity index (χ1n) is 11.9. The maximum atomic E-state index is 2.57. The highest BCUT2D eigenvalue weighted by atomic mass is 14.9. The zero-order valence-electron chi connectivity index (χ0n) is 19.1. The zero-order chi connectivity index (χ0) is 20.4. The summed E-state index contributed by atoms with van der Waals surface area (Å²) in [6.07, 6.45) is 11.9. The fourth-order valence-electron chi connectivity index (χ4n) is 6.59. The Morgan fingerprint density at radius 3 is 1.36 bits per heavy atom. The predicted octanol–water partition coefficient (Wildman–Crippen LogP) is 5.85. The van der Waals surface area contributed by atoms with Gasteiger partial charge in [0, 0.05) is 24.0 Å². The highest BCUT2D eigenvalue weighted by Crippen LogP contribution is 2.34. The Labute approximate surface area is 173 Å². The third-order valence-electron chi connectivity index (χ3n) is 8.66. The molecule has 0 radical (unpaired) electrons. The minimum Gasteiger partial charge on any atom is -0.424 e. The van der Waals surface area contributed by atoms with Gasteiger partial charge in [0.15, 0.2) is 0 Å². The summed E-state index contributed by atoms with van der Waals surface area (Å²) in [7, 11) is 0. The van der Waals surface area contributed by atoms with Crippen LogP contribution in [0.3, 0.4) is 0 Å². The lowest BCUT2D eigenvalue weighted by Gasteiger charge is -2.26. The molecular formula is C24H40B2N2. The van der Waals surface area contributed by atoms with Crippen LogP contribution in [0, 0.1) is 0 Å². The van der Waals surface area contributed by atoms with Crippen molar-refractivity contribution in [2.75, 3.05) is 0 Å². The highest BCUT2D eigenvalue weighted by Gasteiger charge is 2.44. The molecule has 0 saturated carbocycles. The van der Waals surface area contributed by atoms with E-state index in [4.69, 9.17) is 0 Å². The molecule has 2 aromatic heterocycles. The van der Waals surface area contributed by atoms with Crippen molar-refractivity contribution in [1.29, 1.82) is 0 Å². The molecule has 2 aliphatic heterocycles. The monoisotopic (exact) mass is 378 g/mol. The van der Waals surface area contributed by atoms with Crippen LogP contribution in [0.2, 0.25) is 37.9 Å². The average molecular weight is 378 g/mol. The SMILES string of the molecule is CC[B-]1(CC)CC(C)c2cccc[n+]21.CC[B-]1(CC)CC(C)c2cccc[n+]21. The Morgan fingerprint density at radius 2 is 1.04 bits per heavy atom. The molecule has 2 aromatic rings. The van der Waals surface area contributed by atoms with Crippen molar-refractivity contribution in [3.05, 3.63) is 60.2 Å². The number of pyridine rings is 2. The molecule has 0 N–H and O–H groups in total. The molecule has 0 fully saturated rings. The molecule has 0 saturated heterocycles. The molecule has 0 aromatic carbocycles. The normalized spacial score (nSPS) is 23.5. The van der Waals surface area contributed by atoms with E-state index in [-0.39, 0.29) is 12.6 Å². The molecular weight excluding hydrogens is 338 g/mol. The molecule has 2 aliphatic rings. The van der Waals surface area contributed by atoms with Gasteiger partial charge in [-0.25, -0.2) is 0 Å². The van der Waals surface area contributed by atoms with Gasteiger partial charge < -0.3 is 8.96 Å². The van der Waals surface area contributed by atoms with Crippen molar-refractivity contribution in [3.8, 4) is 0 Å². The fourth-order valence-corrected chi connectivity index (χ4v) is 6.59. The van der Waals surface area contributed by atoms with E-state index in [1.54, 1.807) is 0 Å². The van der Waals surface area contributed by atoms with Crippen LogP contribution in [0.4, 0.5) is 0 Å². The van der Waals surface area contributed by atoms with Crippen LogP contribution in [-0.2, 0) is 0 Å². The van der Waals surface area contributed by atoms with Crippen molar-refractivity contribution in [3.63, 3.8) is 0 Å². The Morgan fingerprint density at radius 1 is 0.679 bits per heavy atom. The van der Waals surface area contributed by atoms with Gasteiger partial charge >= 0.3 is 0 Å². The van der Waals surface area contributed by atoms with E-state index in [0.29, 0.717) is 0 Å². The second-order valence-electron chi connectivity index (χ2n) is 9.80. The van der Waals surface area contributed by atoms with Gasteiger partial charge in [-0.15, -0.1) is 25.3 Å². The molecule has 4 heteroatoms. The summed E-state index contributed by atoms with van der Waals surface area (Å²) in [5, 5.41) is 0. The van der Waals surface area contributed by atoms with Crippen LogP contribution in [-0.4, -0.2) is 12.6 Å². The van der Waals surface area contributed by atoms with Crippen LogP contribution >= 0.6 is 0 Å². The summed E-state index contributed by atoms with van der Waals surface area (Å²) in [6, 6.07) is 13.3. The maximum absolute atomic E-state index is 2.57. The van der Waals surface area contributed by atoms with E-state index >= 15 is 0 Å². The number of hydrogen-bond donors (Lipinski definition) is 0. The standard InChI is InChI=1S/2C12H20BN/c2*1-4-13(5-2)10-11(3)12-8-6-7-9-14(12)13/h2*6-9,11H,4-5,10H2,1-3H3. The lowest BCUT2D eigenvalue weighted by atomic mass is 9.30. The predicted molar refractivity (Wildman–Crippen MR) is 124 cm³/mol. The van der Waals surface area contributed by atoms with Gasteiger partial charge in [-0.05, 0) is 12.1 Å². The molecule has 2 atom stereocenters. The third kappa shape index (κ3) is 3.44. The molecule has 28 heavy (non-hydrogen) atoms. The van der Waals surface area contributed by atoms with Gasteiger partial charge in [-0.1, -0.05) is 66.3 Å². The van der Waals surface area contributed by atoms with E-state index in [0.717, 1.165) is 11.8 Å². The first-order valence-corrected chi connectivity index (χ1v) is 11.9. The number of nitrogens with zero attached hydrogens (tertiary/aromatic N) is 2. The van der Waals surface area contributed by atoms with Crippen molar-refractivity contribution >= 4 is 12.6 Å². The molecule has 0 amide bonds. The Hall–Kier alpha value is -1.57. The summed E-state index contributed by atoms with van der Waals surface area (Å²) < 4.78 is 5.15. The first-order chi connectivity index (χ1) is 13.5. The molecule has 0 spiro atoms. The molecule has 2 nitrogen and oxygen atoms in total.